The third-order valence-electron chi connectivity index (χ3n) is 3.96. The normalized spacial score (nSPS) is 11.5. The van der Waals surface area contributed by atoms with E-state index in [0.29, 0.717) is 18.7 Å². The minimum atomic E-state index is -0.692. The van der Waals surface area contributed by atoms with Crippen molar-refractivity contribution >= 4 is 18.3 Å². The van der Waals surface area contributed by atoms with Crippen molar-refractivity contribution in [1.29, 1.82) is 0 Å². The van der Waals surface area contributed by atoms with Gasteiger partial charge >= 0.3 is 0 Å². The Balaban J connectivity index is 0.00000288. The summed E-state index contributed by atoms with van der Waals surface area (Å²) >= 11 is 0. The molecule has 1 amide bonds. The Kier molecular flexibility index (Phi) is 7.92. The number of aliphatic hydroxyl groups is 1. The van der Waals surface area contributed by atoms with Gasteiger partial charge in [0, 0.05) is 18.7 Å². The highest BCUT2D eigenvalue weighted by molar-refractivity contribution is 5.94. The summed E-state index contributed by atoms with van der Waals surface area (Å²) in [6.45, 7) is 5.19. The van der Waals surface area contributed by atoms with Gasteiger partial charge in [-0.25, -0.2) is 0 Å². The van der Waals surface area contributed by atoms with Crippen LogP contribution in [0, 0.1) is 6.92 Å². The van der Waals surface area contributed by atoms with Crippen LogP contribution in [0.2, 0.25) is 0 Å². The van der Waals surface area contributed by atoms with E-state index in [1.165, 1.54) is 0 Å². The Hall–Kier alpha value is -1.88. The van der Waals surface area contributed by atoms with E-state index in [1.54, 1.807) is 17.0 Å². The molecule has 0 bridgehead atoms. The van der Waals surface area contributed by atoms with Gasteiger partial charge in [-0.1, -0.05) is 42.0 Å². The quantitative estimate of drug-likeness (QED) is 0.843. The molecule has 0 aliphatic heterocycles. The summed E-state index contributed by atoms with van der Waals surface area (Å²) in [5.74, 6) is -0.0813. The molecular weight excluding hydrogens is 324 g/mol. The number of carbonyl (C=O) groups is 1. The lowest BCUT2D eigenvalue weighted by molar-refractivity contribution is 0.0635. The van der Waals surface area contributed by atoms with Crippen molar-refractivity contribution in [2.75, 3.05) is 13.1 Å². The summed E-state index contributed by atoms with van der Waals surface area (Å²) in [5, 5.41) is 10.4. The van der Waals surface area contributed by atoms with E-state index in [4.69, 9.17) is 5.73 Å². The second kappa shape index (κ2) is 9.42. The summed E-state index contributed by atoms with van der Waals surface area (Å²) in [4.78, 5) is 14.2. The van der Waals surface area contributed by atoms with Gasteiger partial charge in [-0.05, 0) is 37.1 Å². The van der Waals surface area contributed by atoms with Crippen molar-refractivity contribution < 1.29 is 9.90 Å². The second-order valence-electron chi connectivity index (χ2n) is 5.67. The maximum absolute atomic E-state index is 12.6. The highest BCUT2D eigenvalue weighted by Crippen LogP contribution is 2.17. The lowest BCUT2D eigenvalue weighted by atomic mass is 10.1. The molecule has 0 heterocycles. The second-order valence-corrected chi connectivity index (χ2v) is 5.67. The van der Waals surface area contributed by atoms with Gasteiger partial charge in [-0.2, -0.15) is 0 Å². The average Bonchev–Trinajstić information content (AvgIpc) is 2.59. The van der Waals surface area contributed by atoms with Crippen molar-refractivity contribution in [2.24, 2.45) is 5.73 Å². The first-order valence-corrected chi connectivity index (χ1v) is 7.88. The minimum Gasteiger partial charge on any atom is -0.387 e. The van der Waals surface area contributed by atoms with Gasteiger partial charge in [0.05, 0.1) is 12.6 Å². The van der Waals surface area contributed by atoms with E-state index in [2.05, 4.69) is 0 Å². The highest BCUT2D eigenvalue weighted by atomic mass is 35.5. The number of aryl methyl sites for hydroxylation is 1. The van der Waals surface area contributed by atoms with Crippen LogP contribution in [0.1, 0.15) is 40.1 Å². The van der Waals surface area contributed by atoms with Gasteiger partial charge in [0.25, 0.3) is 5.91 Å². The molecule has 1 unspecified atom stereocenters. The predicted octanol–water partition coefficient (Wildman–Crippen LogP) is 3.07. The van der Waals surface area contributed by atoms with Gasteiger partial charge in [-0.3, -0.25) is 4.79 Å². The van der Waals surface area contributed by atoms with E-state index in [9.17, 15) is 9.90 Å². The molecule has 0 aromatic heterocycles. The molecule has 1 atom stereocenters. The molecular formula is C19H25ClN2O2. The number of nitrogens with zero attached hydrogens (tertiary/aromatic N) is 1. The molecule has 0 saturated carbocycles. The van der Waals surface area contributed by atoms with E-state index >= 15 is 0 Å². The van der Waals surface area contributed by atoms with Gasteiger partial charge in [0.15, 0.2) is 0 Å². The molecule has 3 N–H and O–H groups in total. The van der Waals surface area contributed by atoms with Crippen molar-refractivity contribution in [3.63, 3.8) is 0 Å². The fourth-order valence-corrected chi connectivity index (χ4v) is 2.42. The van der Waals surface area contributed by atoms with Crippen molar-refractivity contribution in [3.05, 3.63) is 70.8 Å². The third kappa shape index (κ3) is 5.06. The van der Waals surface area contributed by atoms with Crippen LogP contribution in [0.15, 0.2) is 48.5 Å². The van der Waals surface area contributed by atoms with E-state index in [1.807, 2.05) is 50.2 Å². The maximum Gasteiger partial charge on any atom is 0.253 e. The number of likely N-dealkylation sites (N-methyl/N-ethyl adjacent to an activating group) is 1. The van der Waals surface area contributed by atoms with Crippen molar-refractivity contribution in [3.8, 4) is 0 Å². The molecule has 5 heteroatoms. The number of rotatable bonds is 6. The van der Waals surface area contributed by atoms with Crippen LogP contribution in [-0.2, 0) is 6.54 Å². The maximum atomic E-state index is 12.6. The van der Waals surface area contributed by atoms with Gasteiger partial charge in [0.2, 0.25) is 0 Å². The number of hydrogen-bond donors (Lipinski definition) is 2. The number of aliphatic hydroxyl groups excluding tert-OH is 1. The molecule has 4 nitrogen and oxygen atoms in total. The topological polar surface area (TPSA) is 66.6 Å². The zero-order valence-electron chi connectivity index (χ0n) is 14.1. The van der Waals surface area contributed by atoms with Crippen LogP contribution in [0.4, 0.5) is 0 Å². The Morgan fingerprint density at radius 3 is 2.21 bits per heavy atom. The Bertz CT molecular complexity index is 641. The largest absolute Gasteiger partial charge is 0.387 e. The Labute approximate surface area is 149 Å². The SMILES string of the molecule is CCN(CC(O)c1ccc(C)cc1)C(=O)c1ccc(CN)cc1.Cl. The Morgan fingerprint density at radius 1 is 1.12 bits per heavy atom. The molecule has 130 valence electrons. The Morgan fingerprint density at radius 2 is 1.71 bits per heavy atom. The summed E-state index contributed by atoms with van der Waals surface area (Å²) in [6, 6.07) is 15.0. The third-order valence-corrected chi connectivity index (χ3v) is 3.96. The predicted molar refractivity (Wildman–Crippen MR) is 99.3 cm³/mol. The van der Waals surface area contributed by atoms with Crippen molar-refractivity contribution in [2.45, 2.75) is 26.5 Å². The molecule has 0 spiro atoms. The van der Waals surface area contributed by atoms with Crippen LogP contribution < -0.4 is 5.73 Å². The molecule has 0 fully saturated rings. The monoisotopic (exact) mass is 348 g/mol. The van der Waals surface area contributed by atoms with E-state index < -0.39 is 6.10 Å². The minimum absolute atomic E-state index is 0. The van der Waals surface area contributed by atoms with E-state index in [-0.39, 0.29) is 24.9 Å². The molecule has 2 aromatic carbocycles. The van der Waals surface area contributed by atoms with Gasteiger partial charge in [-0.15, -0.1) is 12.4 Å². The van der Waals surface area contributed by atoms with Gasteiger partial charge in [0.1, 0.15) is 0 Å². The van der Waals surface area contributed by atoms with Crippen LogP contribution in [-0.4, -0.2) is 29.0 Å². The fraction of sp³-hybridized carbons (Fsp3) is 0.316. The van der Waals surface area contributed by atoms with Crippen molar-refractivity contribution in [1.82, 2.24) is 4.90 Å². The first-order valence-electron chi connectivity index (χ1n) is 7.88. The lowest BCUT2D eigenvalue weighted by Gasteiger charge is -2.24. The zero-order chi connectivity index (χ0) is 16.8. The summed E-state index contributed by atoms with van der Waals surface area (Å²) in [6.07, 6.45) is -0.692. The first-order chi connectivity index (χ1) is 11.0. The standard InChI is InChI=1S/C19H24N2O2.ClH/c1-3-21(13-18(22)16-8-4-14(2)5-9-16)19(23)17-10-6-15(12-20)7-11-17;/h4-11,18,22H,3,12-13,20H2,1-2H3;1H. The molecule has 2 aromatic rings. The molecule has 24 heavy (non-hydrogen) atoms. The summed E-state index contributed by atoms with van der Waals surface area (Å²) < 4.78 is 0. The molecule has 0 saturated heterocycles. The van der Waals surface area contributed by atoms with E-state index in [0.717, 1.165) is 16.7 Å². The number of benzene rings is 2. The molecule has 0 radical (unpaired) electrons. The molecule has 0 aliphatic carbocycles. The van der Waals surface area contributed by atoms with Crippen LogP contribution in [0.25, 0.3) is 0 Å². The summed E-state index contributed by atoms with van der Waals surface area (Å²) in [7, 11) is 0. The van der Waals surface area contributed by atoms with Crippen LogP contribution in [0.5, 0.6) is 0 Å². The van der Waals surface area contributed by atoms with Crippen LogP contribution >= 0.6 is 12.4 Å². The number of carbonyl (C=O) groups excluding carboxylic acids is 1. The number of amides is 1. The first kappa shape index (κ1) is 20.2. The molecule has 0 aliphatic rings. The smallest absolute Gasteiger partial charge is 0.253 e. The fourth-order valence-electron chi connectivity index (χ4n) is 2.42. The van der Waals surface area contributed by atoms with Gasteiger partial charge < -0.3 is 15.7 Å². The molecule has 2 rings (SSSR count). The average molecular weight is 349 g/mol. The van der Waals surface area contributed by atoms with Crippen LogP contribution in [0.3, 0.4) is 0 Å². The summed E-state index contributed by atoms with van der Waals surface area (Å²) in [5.41, 5.74) is 9.14. The number of halogens is 1. The number of hydrogen-bond acceptors (Lipinski definition) is 3. The highest BCUT2D eigenvalue weighted by Gasteiger charge is 2.18. The number of nitrogens with two attached hydrogens (primary N) is 1. The lowest BCUT2D eigenvalue weighted by Crippen LogP contribution is -2.34. The zero-order valence-corrected chi connectivity index (χ0v) is 14.9.